The number of rotatable bonds is 3. The van der Waals surface area contributed by atoms with Gasteiger partial charge in [-0.15, -0.1) is 0 Å². The molecule has 0 unspecified atom stereocenters. The summed E-state index contributed by atoms with van der Waals surface area (Å²) < 4.78 is 0. The first-order valence-electron chi connectivity index (χ1n) is 12.0. The van der Waals surface area contributed by atoms with Crippen LogP contribution in [-0.2, 0) is 43.2 Å². The van der Waals surface area contributed by atoms with Crippen molar-refractivity contribution in [1.82, 2.24) is 0 Å². The van der Waals surface area contributed by atoms with E-state index in [0.717, 1.165) is 0 Å². The second-order valence-corrected chi connectivity index (χ2v) is 8.80. The van der Waals surface area contributed by atoms with Crippen molar-refractivity contribution in [3.63, 3.8) is 0 Å². The highest BCUT2D eigenvalue weighted by Gasteiger charge is 1.88. The number of Topliss-reactive ketones (excluding diaryl/α,β-unsaturated/α-hetero) is 9. The zero-order chi connectivity index (χ0) is 34.3. The molecule has 0 spiro atoms. The van der Waals surface area contributed by atoms with Crippen molar-refractivity contribution in [3.8, 4) is 0 Å². The highest BCUT2D eigenvalue weighted by Crippen LogP contribution is 1.85. The summed E-state index contributed by atoms with van der Waals surface area (Å²) in [5.41, 5.74) is 0. The van der Waals surface area contributed by atoms with Crippen LogP contribution in [0.25, 0.3) is 0 Å². The quantitative estimate of drug-likeness (QED) is 0.483. The van der Waals surface area contributed by atoms with Gasteiger partial charge in [0, 0.05) is 13.0 Å². The summed E-state index contributed by atoms with van der Waals surface area (Å²) in [5, 5.41) is 8.16. The van der Waals surface area contributed by atoms with Crippen molar-refractivity contribution >= 4 is 52.0 Å². The summed E-state index contributed by atoms with van der Waals surface area (Å²) in [7, 11) is 0. The topological polar surface area (TPSA) is 174 Å². The standard InChI is InChI=1S/C5H10O2.8C3H6O/c1-5(7)3-2-4-6;8*1-3(2)4/h6H,2-4H2,1H3;8*1-2H3. The maximum atomic E-state index is 10.1. The summed E-state index contributed by atoms with van der Waals surface area (Å²) in [4.78, 5) is 85.6. The molecule has 0 aromatic carbocycles. The van der Waals surface area contributed by atoms with Crippen molar-refractivity contribution in [1.29, 1.82) is 0 Å². The SMILES string of the molecule is CC(=O)CCCO.CC(C)=O.CC(C)=O.CC(C)=O.CC(C)=O.CC(C)=O.CC(C)=O.CC(C)=O.CC(C)=O. The molecule has 0 aliphatic heterocycles. The van der Waals surface area contributed by atoms with Crippen LogP contribution in [0.5, 0.6) is 0 Å². The molecule has 0 saturated carbocycles. The molecule has 0 saturated heterocycles. The molecule has 0 radical (unpaired) electrons. The van der Waals surface area contributed by atoms with E-state index in [1.165, 1.54) is 118 Å². The van der Waals surface area contributed by atoms with Gasteiger partial charge in [0.25, 0.3) is 0 Å². The number of carbonyl (C=O) groups is 9. The van der Waals surface area contributed by atoms with E-state index in [9.17, 15) is 43.2 Å². The van der Waals surface area contributed by atoms with Gasteiger partial charge < -0.3 is 48.3 Å². The normalized spacial score (nSPS) is 6.92. The van der Waals surface area contributed by atoms with Crippen LogP contribution >= 0.6 is 0 Å². The molecule has 0 aromatic rings. The minimum absolute atomic E-state index is 0.125. The van der Waals surface area contributed by atoms with E-state index in [2.05, 4.69) is 0 Å². The van der Waals surface area contributed by atoms with Crippen molar-refractivity contribution in [2.24, 2.45) is 0 Å². The van der Waals surface area contributed by atoms with Crippen molar-refractivity contribution < 1.29 is 48.3 Å². The Bertz CT molecular complexity index is 485. The van der Waals surface area contributed by atoms with E-state index in [1.54, 1.807) is 0 Å². The molecule has 0 atom stereocenters. The van der Waals surface area contributed by atoms with Gasteiger partial charge in [-0.05, 0) is 124 Å². The molecule has 0 aliphatic carbocycles. The number of carbonyl (C=O) groups excluding carboxylic acids is 9. The second kappa shape index (κ2) is 55.5. The minimum Gasteiger partial charge on any atom is -0.396 e. The average molecular weight is 567 g/mol. The number of aliphatic hydroxyl groups is 1. The van der Waals surface area contributed by atoms with Crippen LogP contribution in [0.2, 0.25) is 0 Å². The third-order valence-electron chi connectivity index (χ3n) is 0.687. The number of hydrogen-bond acceptors (Lipinski definition) is 10. The van der Waals surface area contributed by atoms with Gasteiger partial charge in [0.05, 0.1) is 0 Å². The molecule has 10 nitrogen and oxygen atoms in total. The Morgan fingerprint density at radius 1 is 0.333 bits per heavy atom. The van der Waals surface area contributed by atoms with Gasteiger partial charge in [0.15, 0.2) is 0 Å². The third kappa shape index (κ3) is 38900. The molecular weight excluding hydrogens is 508 g/mol. The summed E-state index contributed by atoms with van der Waals surface area (Å²) in [6.07, 6.45) is 1.12. The first kappa shape index (κ1) is 60.5. The fourth-order valence-electron chi connectivity index (χ4n) is 0.328. The zero-order valence-electron chi connectivity index (χ0n) is 27.7. The van der Waals surface area contributed by atoms with E-state index in [0.29, 0.717) is 12.8 Å². The van der Waals surface area contributed by atoms with Gasteiger partial charge in [-0.25, -0.2) is 0 Å². The Balaban J connectivity index is -0.0000000374. The summed E-state index contributed by atoms with van der Waals surface area (Å²) in [6, 6.07) is 0. The lowest BCUT2D eigenvalue weighted by Crippen LogP contribution is -1.91. The molecule has 10 heteroatoms. The van der Waals surface area contributed by atoms with E-state index in [4.69, 9.17) is 5.11 Å². The zero-order valence-corrected chi connectivity index (χ0v) is 27.7. The van der Waals surface area contributed by atoms with E-state index < -0.39 is 0 Å². The second-order valence-electron chi connectivity index (χ2n) is 8.80. The molecule has 0 bridgehead atoms. The molecule has 234 valence electrons. The predicted octanol–water partition coefficient (Wildman–Crippen LogP) is 5.11. The Morgan fingerprint density at radius 3 is 0.462 bits per heavy atom. The molecule has 0 aromatic heterocycles. The smallest absolute Gasteiger partial charge is 0.129 e. The third-order valence-corrected chi connectivity index (χ3v) is 0.687. The Morgan fingerprint density at radius 2 is 0.436 bits per heavy atom. The van der Waals surface area contributed by atoms with Gasteiger partial charge in [0.2, 0.25) is 0 Å². The predicted molar refractivity (Wildman–Crippen MR) is 158 cm³/mol. The number of hydrogen-bond donors (Lipinski definition) is 1. The summed E-state index contributed by atoms with van der Waals surface area (Å²) in [6.45, 7) is 26.1. The number of ketones is 9. The first-order valence-corrected chi connectivity index (χ1v) is 12.0. The maximum Gasteiger partial charge on any atom is 0.129 e. The van der Waals surface area contributed by atoms with Crippen molar-refractivity contribution in [2.75, 3.05) is 6.61 Å². The van der Waals surface area contributed by atoms with E-state index >= 15 is 0 Å². The van der Waals surface area contributed by atoms with Crippen molar-refractivity contribution in [3.05, 3.63) is 0 Å². The molecule has 0 amide bonds. The van der Waals surface area contributed by atoms with E-state index in [1.807, 2.05) is 0 Å². The Kier molecular flexibility index (Phi) is 86.1. The highest BCUT2D eigenvalue weighted by atomic mass is 16.3. The Hall–Kier alpha value is -3.01. The molecule has 39 heavy (non-hydrogen) atoms. The van der Waals surface area contributed by atoms with Gasteiger partial charge >= 0.3 is 0 Å². The lowest BCUT2D eigenvalue weighted by Gasteiger charge is -1.86. The molecule has 0 fully saturated rings. The van der Waals surface area contributed by atoms with Gasteiger partial charge in [-0.2, -0.15) is 0 Å². The molecule has 0 rings (SSSR count). The van der Waals surface area contributed by atoms with E-state index in [-0.39, 0.29) is 58.7 Å². The van der Waals surface area contributed by atoms with Crippen LogP contribution in [0, 0.1) is 0 Å². The highest BCUT2D eigenvalue weighted by molar-refractivity contribution is 5.75. The van der Waals surface area contributed by atoms with Crippen LogP contribution in [0.4, 0.5) is 0 Å². The molecular formula is C29H58O10. The van der Waals surface area contributed by atoms with Gasteiger partial charge in [-0.1, -0.05) is 0 Å². The van der Waals surface area contributed by atoms with Gasteiger partial charge in [0.1, 0.15) is 52.0 Å². The first-order chi connectivity index (χ1) is 17.1. The fourth-order valence-corrected chi connectivity index (χ4v) is 0.328. The molecule has 0 aliphatic rings. The lowest BCUT2D eigenvalue weighted by atomic mass is 10.2. The molecule has 0 heterocycles. The Labute approximate surface area is 237 Å². The van der Waals surface area contributed by atoms with Gasteiger partial charge in [-0.3, -0.25) is 0 Å². The summed E-state index contributed by atoms with van der Waals surface area (Å²) in [5.74, 6) is 1.48. The summed E-state index contributed by atoms with van der Waals surface area (Å²) >= 11 is 0. The lowest BCUT2D eigenvalue weighted by molar-refractivity contribution is -0.117. The minimum atomic E-state index is 0.125. The van der Waals surface area contributed by atoms with Crippen LogP contribution in [0.1, 0.15) is 131 Å². The molecule has 1 N–H and O–H groups in total. The monoisotopic (exact) mass is 566 g/mol. The average Bonchev–Trinajstić information content (AvgIpc) is 2.55. The van der Waals surface area contributed by atoms with Crippen molar-refractivity contribution in [2.45, 2.75) is 131 Å². The van der Waals surface area contributed by atoms with Crippen LogP contribution in [0.3, 0.4) is 0 Å². The van der Waals surface area contributed by atoms with Crippen LogP contribution in [-0.4, -0.2) is 63.8 Å². The largest absolute Gasteiger partial charge is 0.396 e. The number of aliphatic hydroxyl groups excluding tert-OH is 1. The fraction of sp³-hybridized carbons (Fsp3) is 0.690. The van der Waals surface area contributed by atoms with Crippen LogP contribution in [0.15, 0.2) is 0 Å². The van der Waals surface area contributed by atoms with Crippen LogP contribution < -0.4 is 0 Å². The maximum absolute atomic E-state index is 10.1.